The molecule has 22 heavy (non-hydrogen) atoms. The van der Waals surface area contributed by atoms with Gasteiger partial charge in [0.2, 0.25) is 0 Å². The topological polar surface area (TPSA) is 3.24 Å². The third-order valence-corrected chi connectivity index (χ3v) is 8.61. The fourth-order valence-electron chi connectivity index (χ4n) is 6.67. The summed E-state index contributed by atoms with van der Waals surface area (Å²) in [4.78, 5) is 3.05. The van der Waals surface area contributed by atoms with Crippen molar-refractivity contribution in [1.29, 1.82) is 0 Å². The van der Waals surface area contributed by atoms with Crippen molar-refractivity contribution in [1.82, 2.24) is 4.90 Å². The van der Waals surface area contributed by atoms with E-state index in [-0.39, 0.29) is 0 Å². The van der Waals surface area contributed by atoms with Crippen LogP contribution in [0, 0.1) is 36.0 Å². The van der Waals surface area contributed by atoms with Gasteiger partial charge in [0.1, 0.15) is 0 Å². The van der Waals surface area contributed by atoms with Gasteiger partial charge in [-0.15, -0.1) is 0 Å². The molecule has 0 bridgehead atoms. The van der Waals surface area contributed by atoms with Crippen LogP contribution >= 0.6 is 0 Å². The van der Waals surface area contributed by atoms with Crippen molar-refractivity contribution in [3.05, 3.63) is 6.42 Å². The average Bonchev–Trinajstić information content (AvgIpc) is 2.94. The van der Waals surface area contributed by atoms with Crippen LogP contribution in [0.3, 0.4) is 0 Å². The smallest absolute Gasteiger partial charge is 0.0599 e. The Hall–Kier alpha value is 0.177. The van der Waals surface area contributed by atoms with Gasteiger partial charge in [0.25, 0.3) is 0 Å². The third-order valence-electron chi connectivity index (χ3n) is 7.29. The fourth-order valence-corrected chi connectivity index (χ4v) is 8.21. The van der Waals surface area contributed by atoms with Gasteiger partial charge in [0.15, 0.2) is 0 Å². The third kappa shape index (κ3) is 2.62. The van der Waals surface area contributed by atoms with E-state index in [1.807, 2.05) is 0 Å². The summed E-state index contributed by atoms with van der Waals surface area (Å²) in [5.74, 6) is 5.09. The standard InChI is InChI=1S/C20H36NSi/c1-14-9-10-18-17(11-14)20-16-8-6-5-7-15(16)12-19(20)21(18)13-22(2,3)4/h12,14-20H,5-11,13H2,1-4H3. The molecule has 3 saturated carbocycles. The van der Waals surface area contributed by atoms with Crippen LogP contribution in [0.2, 0.25) is 19.6 Å². The van der Waals surface area contributed by atoms with Gasteiger partial charge in [-0.1, -0.05) is 39.4 Å². The molecule has 7 atom stereocenters. The molecule has 0 spiro atoms. The molecule has 1 aliphatic heterocycles. The number of fused-ring (bicyclic) bond motifs is 5. The van der Waals surface area contributed by atoms with Crippen molar-refractivity contribution in [3.8, 4) is 0 Å². The molecule has 0 N–H and O–H groups in total. The average molecular weight is 319 g/mol. The van der Waals surface area contributed by atoms with Gasteiger partial charge in [0, 0.05) is 12.1 Å². The molecule has 0 aromatic rings. The molecule has 4 fully saturated rings. The van der Waals surface area contributed by atoms with Gasteiger partial charge < -0.3 is 0 Å². The van der Waals surface area contributed by atoms with Crippen LogP contribution in [0.15, 0.2) is 0 Å². The normalized spacial score (nSPS) is 48.8. The summed E-state index contributed by atoms with van der Waals surface area (Å²) in [5.41, 5.74) is 0. The number of likely N-dealkylation sites (tertiary alicyclic amines) is 1. The Morgan fingerprint density at radius 2 is 1.77 bits per heavy atom. The predicted molar refractivity (Wildman–Crippen MR) is 97.4 cm³/mol. The first kappa shape index (κ1) is 15.7. The van der Waals surface area contributed by atoms with Crippen molar-refractivity contribution < 1.29 is 0 Å². The highest BCUT2D eigenvalue weighted by Crippen LogP contribution is 2.58. The molecule has 7 unspecified atom stereocenters. The number of hydrogen-bond donors (Lipinski definition) is 0. The van der Waals surface area contributed by atoms with Crippen LogP contribution in [0.5, 0.6) is 0 Å². The summed E-state index contributed by atoms with van der Waals surface area (Å²) in [6.07, 6.45) is 14.9. The molecule has 2 heteroatoms. The van der Waals surface area contributed by atoms with Gasteiger partial charge in [-0.2, -0.15) is 0 Å². The molecule has 0 amide bonds. The molecule has 0 aromatic carbocycles. The summed E-state index contributed by atoms with van der Waals surface area (Å²) in [5, 5.41) is 0. The minimum Gasteiger partial charge on any atom is -0.299 e. The zero-order chi connectivity index (χ0) is 15.5. The summed E-state index contributed by atoms with van der Waals surface area (Å²) in [6.45, 7) is 10.2. The van der Waals surface area contributed by atoms with Crippen LogP contribution < -0.4 is 0 Å². The number of hydrogen-bond acceptors (Lipinski definition) is 1. The Balaban J connectivity index is 1.62. The molecular weight excluding hydrogens is 282 g/mol. The van der Waals surface area contributed by atoms with Gasteiger partial charge in [-0.05, 0) is 74.3 Å². The highest BCUT2D eigenvalue weighted by atomic mass is 28.3. The van der Waals surface area contributed by atoms with E-state index >= 15 is 0 Å². The molecule has 1 saturated heterocycles. The van der Waals surface area contributed by atoms with Crippen LogP contribution in [0.1, 0.15) is 51.9 Å². The zero-order valence-electron chi connectivity index (χ0n) is 15.2. The molecule has 1 radical (unpaired) electrons. The van der Waals surface area contributed by atoms with Crippen LogP contribution in [-0.2, 0) is 0 Å². The first-order valence-electron chi connectivity index (χ1n) is 10.0. The minimum atomic E-state index is -1.02. The maximum atomic E-state index is 3.05. The Bertz CT molecular complexity index is 414. The van der Waals surface area contributed by atoms with Gasteiger partial charge in [-0.3, -0.25) is 4.90 Å². The summed E-state index contributed by atoms with van der Waals surface area (Å²) >= 11 is 0. The van der Waals surface area contributed by atoms with Crippen LogP contribution in [0.4, 0.5) is 0 Å². The first-order chi connectivity index (χ1) is 10.4. The van der Waals surface area contributed by atoms with E-state index in [2.05, 4.69) is 37.9 Å². The lowest BCUT2D eigenvalue weighted by Crippen LogP contribution is -2.48. The van der Waals surface area contributed by atoms with Gasteiger partial charge in [0.05, 0.1) is 8.07 Å². The highest BCUT2D eigenvalue weighted by molar-refractivity contribution is 6.76. The molecule has 3 aliphatic carbocycles. The second kappa shape index (κ2) is 5.62. The largest absolute Gasteiger partial charge is 0.299 e. The Kier molecular flexibility index (Phi) is 4.01. The van der Waals surface area contributed by atoms with Crippen molar-refractivity contribution in [2.45, 2.75) is 83.6 Å². The Labute approximate surface area is 139 Å². The Morgan fingerprint density at radius 3 is 2.55 bits per heavy atom. The maximum absolute atomic E-state index is 3.05. The summed E-state index contributed by atoms with van der Waals surface area (Å²) < 4.78 is 0. The molecule has 4 rings (SSSR count). The summed E-state index contributed by atoms with van der Waals surface area (Å²) in [6, 6.07) is 1.80. The second-order valence-corrected chi connectivity index (χ2v) is 15.7. The zero-order valence-corrected chi connectivity index (χ0v) is 16.2. The first-order valence-corrected chi connectivity index (χ1v) is 13.8. The van der Waals surface area contributed by atoms with Gasteiger partial charge in [-0.25, -0.2) is 0 Å². The maximum Gasteiger partial charge on any atom is 0.0599 e. The molecule has 125 valence electrons. The monoisotopic (exact) mass is 318 g/mol. The lowest BCUT2D eigenvalue weighted by atomic mass is 9.68. The molecule has 1 nitrogen and oxygen atoms in total. The number of nitrogens with zero attached hydrogens (tertiary/aromatic N) is 1. The van der Waals surface area contributed by atoms with Crippen molar-refractivity contribution in [2.24, 2.45) is 29.6 Å². The van der Waals surface area contributed by atoms with E-state index in [9.17, 15) is 0 Å². The van der Waals surface area contributed by atoms with E-state index in [4.69, 9.17) is 0 Å². The van der Waals surface area contributed by atoms with E-state index < -0.39 is 8.07 Å². The van der Waals surface area contributed by atoms with Crippen LogP contribution in [0.25, 0.3) is 0 Å². The molecule has 1 heterocycles. The predicted octanol–water partition coefficient (Wildman–Crippen LogP) is 4.99. The van der Waals surface area contributed by atoms with Gasteiger partial charge >= 0.3 is 0 Å². The van der Waals surface area contributed by atoms with Crippen LogP contribution in [-0.4, -0.2) is 31.2 Å². The van der Waals surface area contributed by atoms with E-state index in [1.165, 1.54) is 44.7 Å². The van der Waals surface area contributed by atoms with Crippen molar-refractivity contribution in [2.75, 3.05) is 6.17 Å². The molecular formula is C20H36NSi. The van der Waals surface area contributed by atoms with E-state index in [0.29, 0.717) is 0 Å². The Morgan fingerprint density at radius 1 is 1.00 bits per heavy atom. The number of rotatable bonds is 2. The minimum absolute atomic E-state index is 0.861. The molecule has 4 aliphatic rings. The van der Waals surface area contributed by atoms with Crippen molar-refractivity contribution >= 4 is 8.07 Å². The highest BCUT2D eigenvalue weighted by Gasteiger charge is 2.58. The second-order valence-electron chi connectivity index (χ2n) is 10.3. The lowest BCUT2D eigenvalue weighted by Gasteiger charge is -2.41. The van der Waals surface area contributed by atoms with Crippen molar-refractivity contribution in [3.63, 3.8) is 0 Å². The fraction of sp³-hybridized carbons (Fsp3) is 0.950. The van der Waals surface area contributed by atoms with E-state index in [1.54, 1.807) is 6.42 Å². The quantitative estimate of drug-likeness (QED) is 0.648. The van der Waals surface area contributed by atoms with E-state index in [0.717, 1.165) is 41.7 Å². The lowest BCUT2D eigenvalue weighted by molar-refractivity contribution is 0.123. The molecule has 0 aromatic heterocycles. The summed E-state index contributed by atoms with van der Waals surface area (Å²) in [7, 11) is -1.02. The SMILES string of the molecule is CC1CCC2C(C1)C1C3CCCCC3[CH]C1N2C[Si](C)(C)C.